The van der Waals surface area contributed by atoms with Gasteiger partial charge in [-0.3, -0.25) is 4.79 Å². The highest BCUT2D eigenvalue weighted by molar-refractivity contribution is 5.76. The van der Waals surface area contributed by atoms with Gasteiger partial charge in [0.25, 0.3) is 11.8 Å². The van der Waals surface area contributed by atoms with Gasteiger partial charge in [0.2, 0.25) is 11.6 Å². The Morgan fingerprint density at radius 1 is 1.25 bits per heavy atom. The fraction of sp³-hybridized carbons (Fsp3) is 0.278. The highest BCUT2D eigenvalue weighted by Gasteiger charge is 2.26. The third-order valence-corrected chi connectivity index (χ3v) is 3.54. The van der Waals surface area contributed by atoms with Gasteiger partial charge in [0.15, 0.2) is 11.5 Å². The predicted molar refractivity (Wildman–Crippen MR) is 91.8 cm³/mol. The van der Waals surface area contributed by atoms with E-state index in [0.717, 1.165) is 4.90 Å². The van der Waals surface area contributed by atoms with E-state index in [1.807, 2.05) is 6.07 Å². The van der Waals surface area contributed by atoms with Crippen molar-refractivity contribution in [3.05, 3.63) is 41.3 Å². The van der Waals surface area contributed by atoms with Gasteiger partial charge in [-0.25, -0.2) is 0 Å². The molecule has 0 radical (unpaired) electrons. The number of likely N-dealkylation sites (N-methyl/N-ethyl adjacent to an activating group) is 1. The molecule has 0 saturated heterocycles. The van der Waals surface area contributed by atoms with Crippen LogP contribution in [0, 0.1) is 28.9 Å². The number of benzene rings is 1. The van der Waals surface area contributed by atoms with Crippen LogP contribution in [-0.2, 0) is 9.53 Å². The van der Waals surface area contributed by atoms with Crippen molar-refractivity contribution in [1.82, 2.24) is 4.98 Å². The van der Waals surface area contributed by atoms with Crippen LogP contribution in [0.1, 0.15) is 12.5 Å². The molecule has 1 aromatic carbocycles. The van der Waals surface area contributed by atoms with Crippen molar-refractivity contribution in [3.63, 3.8) is 0 Å². The lowest BCUT2D eigenvalue weighted by Gasteiger charge is -2.20. The summed E-state index contributed by atoms with van der Waals surface area (Å²) in [5, 5.41) is 8.98. The summed E-state index contributed by atoms with van der Waals surface area (Å²) < 4.78 is 57.9. The molecule has 0 amide bonds. The highest BCUT2D eigenvalue weighted by Crippen LogP contribution is 2.36. The molecule has 0 aliphatic rings. The summed E-state index contributed by atoms with van der Waals surface area (Å²) in [7, 11) is 2.49. The molecule has 1 heterocycles. The van der Waals surface area contributed by atoms with Crippen LogP contribution in [0.3, 0.4) is 0 Å². The Balaban J connectivity index is 2.46. The van der Waals surface area contributed by atoms with Gasteiger partial charge < -0.3 is 19.1 Å². The first-order valence-corrected chi connectivity index (χ1v) is 7.99. The minimum absolute atomic E-state index is 0.0751. The number of rotatable bonds is 7. The van der Waals surface area contributed by atoms with E-state index in [1.165, 1.54) is 32.4 Å². The molecule has 2 rings (SSSR count). The Hall–Kier alpha value is -3.48. The van der Waals surface area contributed by atoms with E-state index in [-0.39, 0.29) is 23.7 Å². The maximum Gasteiger partial charge on any atom is 0.325 e. The first-order valence-electron chi connectivity index (χ1n) is 7.99. The first kappa shape index (κ1) is 20.8. The minimum atomic E-state index is -1.63. The Morgan fingerprint density at radius 3 is 2.57 bits per heavy atom. The summed E-state index contributed by atoms with van der Waals surface area (Å²) in [6, 6.07) is 5.90. The standard InChI is InChI=1S/C18H16F3N3O4/c1-4-27-13(25)9-24(2)16-14(19)17(21)23-18(15(16)20)28-12-7-10(8-22)5-6-11(12)26-3/h5-7H,4,9H2,1-3H3. The van der Waals surface area contributed by atoms with Crippen molar-refractivity contribution in [2.24, 2.45) is 0 Å². The SMILES string of the molecule is CCOC(=O)CN(C)c1c(F)c(F)nc(Oc2cc(C#N)ccc2OC)c1F. The van der Waals surface area contributed by atoms with E-state index in [4.69, 9.17) is 19.5 Å². The van der Waals surface area contributed by atoms with E-state index < -0.39 is 41.7 Å². The van der Waals surface area contributed by atoms with Gasteiger partial charge in [-0.15, -0.1) is 0 Å². The summed E-state index contributed by atoms with van der Waals surface area (Å²) in [4.78, 5) is 15.5. The number of carbonyl (C=O) groups is 1. The highest BCUT2D eigenvalue weighted by atomic mass is 19.2. The van der Waals surface area contributed by atoms with Crippen LogP contribution in [0.25, 0.3) is 0 Å². The molecular weight excluding hydrogens is 379 g/mol. The minimum Gasteiger partial charge on any atom is -0.493 e. The number of nitriles is 1. The number of pyridine rings is 1. The average Bonchev–Trinajstić information content (AvgIpc) is 2.66. The van der Waals surface area contributed by atoms with Gasteiger partial charge in [0.1, 0.15) is 12.2 Å². The van der Waals surface area contributed by atoms with E-state index in [9.17, 15) is 18.0 Å². The van der Waals surface area contributed by atoms with Gasteiger partial charge >= 0.3 is 5.97 Å². The Labute approximate surface area is 158 Å². The fourth-order valence-electron chi connectivity index (χ4n) is 2.29. The summed E-state index contributed by atoms with van der Waals surface area (Å²) in [6.45, 7) is 1.11. The van der Waals surface area contributed by atoms with E-state index in [0.29, 0.717) is 0 Å². The number of anilines is 1. The molecule has 0 spiro atoms. The van der Waals surface area contributed by atoms with Gasteiger partial charge in [-0.2, -0.15) is 23.4 Å². The van der Waals surface area contributed by atoms with Crippen molar-refractivity contribution >= 4 is 11.7 Å². The van der Waals surface area contributed by atoms with E-state index in [1.54, 1.807) is 6.92 Å². The van der Waals surface area contributed by atoms with E-state index >= 15 is 0 Å². The summed E-state index contributed by atoms with van der Waals surface area (Å²) >= 11 is 0. The predicted octanol–water partition coefficient (Wildman–Crippen LogP) is 3.17. The topological polar surface area (TPSA) is 84.7 Å². The van der Waals surface area contributed by atoms with Crippen molar-refractivity contribution in [2.75, 3.05) is 32.2 Å². The van der Waals surface area contributed by atoms with Gasteiger partial charge in [-0.1, -0.05) is 0 Å². The number of nitrogens with zero attached hydrogens (tertiary/aromatic N) is 3. The van der Waals surface area contributed by atoms with Crippen LogP contribution in [-0.4, -0.2) is 38.3 Å². The summed E-state index contributed by atoms with van der Waals surface area (Å²) in [6.07, 6.45) is 0. The summed E-state index contributed by atoms with van der Waals surface area (Å²) in [5.74, 6) is -6.21. The molecule has 0 fully saturated rings. The Morgan fingerprint density at radius 2 is 1.96 bits per heavy atom. The Kier molecular flexibility index (Phi) is 6.65. The maximum absolute atomic E-state index is 14.8. The Bertz CT molecular complexity index is 931. The van der Waals surface area contributed by atoms with Crippen LogP contribution < -0.4 is 14.4 Å². The molecule has 1 aromatic heterocycles. The number of aromatic nitrogens is 1. The molecule has 0 atom stereocenters. The number of carbonyl (C=O) groups excluding carboxylic acids is 1. The van der Waals surface area contributed by atoms with E-state index in [2.05, 4.69) is 4.98 Å². The van der Waals surface area contributed by atoms with Crippen molar-refractivity contribution < 1.29 is 32.2 Å². The van der Waals surface area contributed by atoms with Crippen LogP contribution in [0.5, 0.6) is 17.4 Å². The molecule has 0 N–H and O–H groups in total. The number of ether oxygens (including phenoxy) is 3. The number of halogens is 3. The zero-order chi connectivity index (χ0) is 20.8. The third-order valence-electron chi connectivity index (χ3n) is 3.54. The fourth-order valence-corrected chi connectivity index (χ4v) is 2.29. The lowest BCUT2D eigenvalue weighted by Crippen LogP contribution is -2.29. The molecule has 10 heteroatoms. The van der Waals surface area contributed by atoms with Gasteiger partial charge in [0, 0.05) is 13.1 Å². The largest absolute Gasteiger partial charge is 0.493 e. The van der Waals surface area contributed by atoms with Crippen LogP contribution in [0.15, 0.2) is 18.2 Å². The zero-order valence-electron chi connectivity index (χ0n) is 15.3. The number of methoxy groups -OCH3 is 1. The molecule has 0 aliphatic carbocycles. The molecule has 2 aromatic rings. The lowest BCUT2D eigenvalue weighted by molar-refractivity contribution is -0.141. The molecule has 28 heavy (non-hydrogen) atoms. The van der Waals surface area contributed by atoms with Crippen molar-refractivity contribution in [3.8, 4) is 23.4 Å². The number of hydrogen-bond donors (Lipinski definition) is 0. The van der Waals surface area contributed by atoms with Crippen LogP contribution in [0.4, 0.5) is 18.9 Å². The lowest BCUT2D eigenvalue weighted by atomic mass is 10.2. The van der Waals surface area contributed by atoms with Crippen molar-refractivity contribution in [2.45, 2.75) is 6.92 Å². The normalized spacial score (nSPS) is 10.2. The molecule has 0 aliphatic heterocycles. The zero-order valence-corrected chi connectivity index (χ0v) is 15.3. The maximum atomic E-state index is 14.8. The average molecular weight is 395 g/mol. The second-order valence-electron chi connectivity index (χ2n) is 5.42. The molecule has 0 bridgehead atoms. The van der Waals surface area contributed by atoms with Gasteiger partial charge in [-0.05, 0) is 19.1 Å². The summed E-state index contributed by atoms with van der Waals surface area (Å²) in [5.41, 5.74) is -0.690. The molecular formula is C18H16F3N3O4. The molecule has 148 valence electrons. The van der Waals surface area contributed by atoms with Gasteiger partial charge in [0.05, 0.1) is 25.3 Å². The second-order valence-corrected chi connectivity index (χ2v) is 5.42. The smallest absolute Gasteiger partial charge is 0.325 e. The molecule has 7 nitrogen and oxygen atoms in total. The molecule has 0 saturated carbocycles. The first-order chi connectivity index (χ1) is 13.3. The number of hydrogen-bond acceptors (Lipinski definition) is 7. The second kappa shape index (κ2) is 8.94. The van der Waals surface area contributed by atoms with Crippen LogP contribution >= 0.6 is 0 Å². The van der Waals surface area contributed by atoms with Crippen LogP contribution in [0.2, 0.25) is 0 Å². The quantitative estimate of drug-likeness (QED) is 0.526. The monoisotopic (exact) mass is 395 g/mol. The van der Waals surface area contributed by atoms with Crippen molar-refractivity contribution in [1.29, 1.82) is 5.26 Å². The third kappa shape index (κ3) is 4.43. The number of esters is 1. The molecule has 0 unspecified atom stereocenters.